The molecule has 2 saturated heterocycles. The van der Waals surface area contributed by atoms with Crippen molar-refractivity contribution in [2.45, 2.75) is 57.7 Å². The van der Waals surface area contributed by atoms with Gasteiger partial charge in [0.1, 0.15) is 22.5 Å². The van der Waals surface area contributed by atoms with Gasteiger partial charge in [-0.15, -0.1) is 11.3 Å². The highest BCUT2D eigenvalue weighted by atomic mass is 32.1. The number of thiazole rings is 1. The Morgan fingerprint density at radius 3 is 2.64 bits per heavy atom. The number of ether oxygens (including phenoxy) is 1. The third-order valence-electron chi connectivity index (χ3n) is 7.52. The maximum atomic E-state index is 13.7. The number of pyridine rings is 1. The van der Waals surface area contributed by atoms with Crippen molar-refractivity contribution in [1.29, 1.82) is 0 Å². The van der Waals surface area contributed by atoms with Crippen LogP contribution < -0.4 is 20.9 Å². The van der Waals surface area contributed by atoms with Gasteiger partial charge in [-0.05, 0) is 83.5 Å². The molecule has 2 N–H and O–H groups in total. The van der Waals surface area contributed by atoms with Gasteiger partial charge in [0.15, 0.2) is 0 Å². The maximum absolute atomic E-state index is 13.7. The Morgan fingerprint density at radius 1 is 1.13 bits per heavy atom. The maximum Gasteiger partial charge on any atom is 0.261 e. The first-order valence-electron chi connectivity index (χ1n) is 13.8. The van der Waals surface area contributed by atoms with Crippen molar-refractivity contribution in [3.63, 3.8) is 0 Å². The van der Waals surface area contributed by atoms with E-state index in [0.29, 0.717) is 17.2 Å². The number of piperidine rings is 1. The van der Waals surface area contributed by atoms with Crippen LogP contribution >= 0.6 is 11.3 Å². The van der Waals surface area contributed by atoms with Crippen LogP contribution in [0.1, 0.15) is 56.6 Å². The molecule has 39 heavy (non-hydrogen) atoms. The number of benzene rings is 1. The molecule has 4 aromatic rings. The highest BCUT2D eigenvalue weighted by Gasteiger charge is 2.22. The number of hydrogen-bond donors (Lipinski definition) is 2. The first kappa shape index (κ1) is 25.9. The number of aromatic nitrogens is 4. The number of hydrogen-bond acceptors (Lipinski definition) is 9. The number of fused-ring (bicyclic) bond motifs is 1. The lowest BCUT2D eigenvalue weighted by atomic mass is 10.1. The van der Waals surface area contributed by atoms with Crippen LogP contribution in [0.25, 0.3) is 22.3 Å². The van der Waals surface area contributed by atoms with Gasteiger partial charge in [-0.3, -0.25) is 9.36 Å². The summed E-state index contributed by atoms with van der Waals surface area (Å²) in [4.78, 5) is 30.1. The molecule has 0 saturated carbocycles. The summed E-state index contributed by atoms with van der Waals surface area (Å²) in [6, 6.07) is 9.96. The minimum Gasteiger partial charge on any atom is -0.490 e. The monoisotopic (exact) mass is 545 g/mol. The first-order valence-corrected chi connectivity index (χ1v) is 14.7. The van der Waals surface area contributed by atoms with E-state index in [1.807, 2.05) is 49.6 Å². The molecule has 0 spiro atoms. The molecule has 204 valence electrons. The van der Waals surface area contributed by atoms with Crippen molar-refractivity contribution in [1.82, 2.24) is 29.7 Å². The molecule has 6 rings (SSSR count). The van der Waals surface area contributed by atoms with E-state index >= 15 is 0 Å². The van der Waals surface area contributed by atoms with Gasteiger partial charge in [-0.2, -0.15) is 4.98 Å². The van der Waals surface area contributed by atoms with Crippen molar-refractivity contribution < 1.29 is 4.74 Å². The van der Waals surface area contributed by atoms with Crippen LogP contribution in [0.15, 0.2) is 46.7 Å². The average molecular weight is 546 g/mol. The average Bonchev–Trinajstić information content (AvgIpc) is 3.63. The summed E-state index contributed by atoms with van der Waals surface area (Å²) in [6.07, 6.45) is 6.36. The molecule has 1 aromatic carbocycles. The summed E-state index contributed by atoms with van der Waals surface area (Å²) in [6.45, 7) is 7.14. The zero-order valence-electron chi connectivity index (χ0n) is 22.7. The van der Waals surface area contributed by atoms with Crippen LogP contribution in [0, 0.1) is 0 Å². The van der Waals surface area contributed by atoms with Crippen LogP contribution in [-0.4, -0.2) is 57.2 Å². The van der Waals surface area contributed by atoms with Crippen LogP contribution in [0.2, 0.25) is 0 Å². The number of rotatable bonds is 7. The summed E-state index contributed by atoms with van der Waals surface area (Å²) < 4.78 is 7.91. The zero-order chi connectivity index (χ0) is 26.9. The fourth-order valence-electron chi connectivity index (χ4n) is 5.35. The molecule has 0 amide bonds. The van der Waals surface area contributed by atoms with Crippen molar-refractivity contribution in [2.24, 2.45) is 0 Å². The summed E-state index contributed by atoms with van der Waals surface area (Å²) >= 11 is 1.61. The largest absolute Gasteiger partial charge is 0.490 e. The van der Waals surface area contributed by atoms with Crippen molar-refractivity contribution in [3.05, 3.63) is 57.3 Å². The van der Waals surface area contributed by atoms with Crippen molar-refractivity contribution in [2.75, 3.05) is 32.0 Å². The predicted octanol–water partition coefficient (Wildman–Crippen LogP) is 5.14. The second kappa shape index (κ2) is 11.0. The van der Waals surface area contributed by atoms with Crippen LogP contribution in [0.4, 0.5) is 11.6 Å². The lowest BCUT2D eigenvalue weighted by molar-refractivity contribution is 0.114. The zero-order valence-corrected chi connectivity index (χ0v) is 23.5. The molecule has 10 heteroatoms. The summed E-state index contributed by atoms with van der Waals surface area (Å²) in [5.41, 5.74) is 2.67. The molecule has 1 unspecified atom stereocenters. The van der Waals surface area contributed by atoms with E-state index in [1.54, 1.807) is 22.1 Å². The van der Waals surface area contributed by atoms with Crippen LogP contribution in [0.3, 0.4) is 0 Å². The van der Waals surface area contributed by atoms with E-state index in [0.717, 1.165) is 72.8 Å². The fraction of sp³-hybridized carbons (Fsp3) is 0.448. The number of likely N-dealkylation sites (tertiary alicyclic amines) is 1. The molecular weight excluding hydrogens is 510 g/mol. The van der Waals surface area contributed by atoms with Gasteiger partial charge in [-0.25, -0.2) is 9.97 Å². The normalized spacial score (nSPS) is 18.7. The molecule has 3 aromatic heterocycles. The van der Waals surface area contributed by atoms with Gasteiger partial charge in [0, 0.05) is 41.8 Å². The summed E-state index contributed by atoms with van der Waals surface area (Å²) in [7, 11) is 2.15. The third kappa shape index (κ3) is 5.54. The smallest absolute Gasteiger partial charge is 0.261 e. The van der Waals surface area contributed by atoms with E-state index in [-0.39, 0.29) is 23.7 Å². The van der Waals surface area contributed by atoms with E-state index in [1.165, 1.54) is 0 Å². The molecule has 2 aliphatic heterocycles. The molecule has 9 nitrogen and oxygen atoms in total. The molecule has 0 bridgehead atoms. The number of anilines is 2. The van der Waals surface area contributed by atoms with Gasteiger partial charge in [0.2, 0.25) is 5.95 Å². The molecule has 2 fully saturated rings. The number of nitrogens with zero attached hydrogens (tertiary/aromatic N) is 5. The topological polar surface area (TPSA) is 97.2 Å². The minimum atomic E-state index is -0.0891. The Morgan fingerprint density at radius 2 is 1.92 bits per heavy atom. The lowest BCUT2D eigenvalue weighted by Gasteiger charge is -2.29. The standard InChI is InChI=1S/C29H35N7O2S/c1-18(2)36-26-19(15-23(28(36)37)25-17-39-27(33-25)24-5-4-12-30-24)16-31-29(34-26)32-20-6-8-21(9-7-20)38-22-10-13-35(3)14-11-22/h6-9,15-18,22,24,30H,4-5,10-14H2,1-3H3,(H,31,32,34). The van der Waals surface area contributed by atoms with E-state index in [9.17, 15) is 4.79 Å². The van der Waals surface area contributed by atoms with Gasteiger partial charge in [0.05, 0.1) is 17.3 Å². The van der Waals surface area contributed by atoms with Crippen molar-refractivity contribution >= 4 is 34.0 Å². The molecule has 2 aliphatic rings. The number of nitrogens with one attached hydrogen (secondary N) is 2. The molecular formula is C29H35N7O2S. The van der Waals surface area contributed by atoms with E-state index < -0.39 is 0 Å². The van der Waals surface area contributed by atoms with Gasteiger partial charge < -0.3 is 20.3 Å². The Kier molecular flexibility index (Phi) is 7.33. The molecule has 0 radical (unpaired) electrons. The highest BCUT2D eigenvalue weighted by Crippen LogP contribution is 2.30. The fourth-order valence-corrected chi connectivity index (χ4v) is 6.28. The lowest BCUT2D eigenvalue weighted by Crippen LogP contribution is -2.35. The Balaban J connectivity index is 1.24. The quantitative estimate of drug-likeness (QED) is 0.330. The van der Waals surface area contributed by atoms with E-state index in [2.05, 4.69) is 27.6 Å². The minimum absolute atomic E-state index is 0.0756. The second-order valence-corrected chi connectivity index (χ2v) is 11.7. The Labute approximate surface area is 232 Å². The van der Waals surface area contributed by atoms with Crippen molar-refractivity contribution in [3.8, 4) is 17.0 Å². The first-order chi connectivity index (χ1) is 18.9. The third-order valence-corrected chi connectivity index (χ3v) is 8.48. The van der Waals surface area contributed by atoms with Gasteiger partial charge >= 0.3 is 0 Å². The Bertz CT molecular complexity index is 1500. The second-order valence-electron chi connectivity index (χ2n) is 10.8. The van der Waals surface area contributed by atoms with Crippen LogP contribution in [0.5, 0.6) is 5.75 Å². The SMILES string of the molecule is CC(C)n1c(=O)c(-c2csc(C3CCCN3)n2)cc2cnc(Nc3ccc(OC4CCN(C)CC4)cc3)nc21. The van der Waals surface area contributed by atoms with Crippen LogP contribution in [-0.2, 0) is 0 Å². The summed E-state index contributed by atoms with van der Waals surface area (Å²) in [5.74, 6) is 1.31. The Hall–Kier alpha value is -3.34. The highest BCUT2D eigenvalue weighted by molar-refractivity contribution is 7.10. The summed E-state index contributed by atoms with van der Waals surface area (Å²) in [5, 5.41) is 10.6. The van der Waals surface area contributed by atoms with E-state index in [4.69, 9.17) is 14.7 Å². The van der Waals surface area contributed by atoms with Gasteiger partial charge in [-0.1, -0.05) is 0 Å². The van der Waals surface area contributed by atoms with Gasteiger partial charge in [0.25, 0.3) is 5.56 Å². The molecule has 5 heterocycles. The predicted molar refractivity (Wildman–Crippen MR) is 156 cm³/mol. The molecule has 0 aliphatic carbocycles. The molecule has 1 atom stereocenters.